The molecule has 3 N–H and O–H groups in total. The van der Waals surface area contributed by atoms with E-state index in [-0.39, 0.29) is 12.4 Å². The first-order valence-corrected chi connectivity index (χ1v) is 5.28. The van der Waals surface area contributed by atoms with E-state index in [9.17, 15) is 0 Å². The van der Waals surface area contributed by atoms with Crippen LogP contribution in [-0.4, -0.2) is 29.1 Å². The highest BCUT2D eigenvalue weighted by molar-refractivity contribution is 5.85. The Morgan fingerprint density at radius 2 is 2.19 bits per heavy atom. The second kappa shape index (κ2) is 4.31. The molecule has 0 spiro atoms. The van der Waals surface area contributed by atoms with Crippen LogP contribution in [0.25, 0.3) is 11.0 Å². The Balaban J connectivity index is 0.000000963. The first-order chi connectivity index (χ1) is 7.33. The summed E-state index contributed by atoms with van der Waals surface area (Å²) in [6, 6.07) is 8.37. The van der Waals surface area contributed by atoms with Gasteiger partial charge in [-0.15, -0.1) is 12.4 Å². The number of nitrogens with one attached hydrogen (secondary N) is 1. The number of para-hydroxylation sites is 2. The summed E-state index contributed by atoms with van der Waals surface area (Å²) < 4.78 is 0. The molecule has 1 aliphatic rings. The zero-order valence-electron chi connectivity index (χ0n) is 8.89. The lowest BCUT2D eigenvalue weighted by Gasteiger charge is -2.13. The van der Waals surface area contributed by atoms with E-state index >= 15 is 0 Å². The van der Waals surface area contributed by atoms with Gasteiger partial charge in [-0.1, -0.05) is 12.1 Å². The van der Waals surface area contributed by atoms with Gasteiger partial charge in [0.15, 0.2) is 0 Å². The molecule has 1 aromatic heterocycles. The van der Waals surface area contributed by atoms with Gasteiger partial charge in [0.1, 0.15) is 0 Å². The molecule has 16 heavy (non-hydrogen) atoms. The topological polar surface area (TPSA) is 57.9 Å². The molecule has 0 saturated carbocycles. The quantitative estimate of drug-likeness (QED) is 0.792. The third-order valence-electron chi connectivity index (χ3n) is 2.90. The van der Waals surface area contributed by atoms with E-state index in [0.29, 0.717) is 6.04 Å². The Morgan fingerprint density at radius 1 is 1.38 bits per heavy atom. The fourth-order valence-electron chi connectivity index (χ4n) is 2.07. The van der Waals surface area contributed by atoms with Gasteiger partial charge in [0.2, 0.25) is 5.95 Å². The highest BCUT2D eigenvalue weighted by atomic mass is 35.5. The Kier molecular flexibility index (Phi) is 3.03. The monoisotopic (exact) mass is 238 g/mol. The number of hydrogen-bond acceptors (Lipinski definition) is 3. The summed E-state index contributed by atoms with van der Waals surface area (Å²) >= 11 is 0. The lowest BCUT2D eigenvalue weighted by molar-refractivity contribution is 0.751. The number of halogens is 1. The van der Waals surface area contributed by atoms with Crippen LogP contribution in [0.5, 0.6) is 0 Å². The molecule has 1 atom stereocenters. The number of aromatic nitrogens is 2. The number of fused-ring (bicyclic) bond motifs is 1. The van der Waals surface area contributed by atoms with Gasteiger partial charge >= 0.3 is 0 Å². The molecule has 0 amide bonds. The van der Waals surface area contributed by atoms with E-state index in [0.717, 1.165) is 36.5 Å². The van der Waals surface area contributed by atoms with E-state index in [4.69, 9.17) is 5.73 Å². The van der Waals surface area contributed by atoms with Crippen molar-refractivity contribution in [3.63, 3.8) is 0 Å². The smallest absolute Gasteiger partial charge is 0.203 e. The van der Waals surface area contributed by atoms with Crippen LogP contribution < -0.4 is 10.6 Å². The lowest BCUT2D eigenvalue weighted by Crippen LogP contribution is -2.26. The second-order valence-electron chi connectivity index (χ2n) is 4.07. The summed E-state index contributed by atoms with van der Waals surface area (Å²) in [6.07, 6.45) is 1.05. The number of anilines is 1. The van der Waals surface area contributed by atoms with Gasteiger partial charge in [-0.25, -0.2) is 4.98 Å². The summed E-state index contributed by atoms with van der Waals surface area (Å²) in [4.78, 5) is 10.1. The van der Waals surface area contributed by atoms with Gasteiger partial charge < -0.3 is 15.6 Å². The molecule has 1 fully saturated rings. The minimum Gasteiger partial charge on any atom is -0.341 e. The van der Waals surface area contributed by atoms with Crippen molar-refractivity contribution in [1.82, 2.24) is 9.97 Å². The predicted octanol–water partition coefficient (Wildman–Crippen LogP) is 1.52. The fraction of sp³-hybridized carbons (Fsp3) is 0.364. The minimum absolute atomic E-state index is 0. The summed E-state index contributed by atoms with van der Waals surface area (Å²) in [6.45, 7) is 1.90. The molecule has 86 valence electrons. The Morgan fingerprint density at radius 3 is 2.88 bits per heavy atom. The van der Waals surface area contributed by atoms with Crippen molar-refractivity contribution in [2.24, 2.45) is 5.73 Å². The maximum Gasteiger partial charge on any atom is 0.203 e. The molecule has 5 heteroatoms. The van der Waals surface area contributed by atoms with Crippen LogP contribution in [0, 0.1) is 0 Å². The van der Waals surface area contributed by atoms with Crippen molar-refractivity contribution in [1.29, 1.82) is 0 Å². The minimum atomic E-state index is 0. The number of hydrogen-bond donors (Lipinski definition) is 2. The molecule has 0 aliphatic carbocycles. The van der Waals surface area contributed by atoms with E-state index in [1.807, 2.05) is 24.3 Å². The first kappa shape index (κ1) is 11.2. The molecule has 3 rings (SSSR count). The number of aromatic amines is 1. The maximum atomic E-state index is 5.87. The number of imidazole rings is 1. The Labute approximate surface area is 100 Å². The standard InChI is InChI=1S/C11H14N4.ClH/c12-8-5-6-15(7-8)11-13-9-3-1-2-4-10(9)14-11;/h1-4,8H,5-7,12H2,(H,13,14);1H/t8-;/m0./s1. The number of benzene rings is 1. The lowest BCUT2D eigenvalue weighted by atomic mass is 10.3. The molecule has 0 unspecified atom stereocenters. The molecular weight excluding hydrogens is 224 g/mol. The molecule has 2 aromatic rings. The van der Waals surface area contributed by atoms with Crippen LogP contribution in [0.2, 0.25) is 0 Å². The van der Waals surface area contributed by atoms with Gasteiger partial charge in [0.25, 0.3) is 0 Å². The Hall–Kier alpha value is -1.26. The molecule has 0 bridgehead atoms. The number of nitrogens with zero attached hydrogens (tertiary/aromatic N) is 2. The molecule has 1 aromatic carbocycles. The molecule has 1 aliphatic heterocycles. The van der Waals surface area contributed by atoms with Gasteiger partial charge in [-0.3, -0.25) is 0 Å². The summed E-state index contributed by atoms with van der Waals surface area (Å²) in [7, 11) is 0. The summed E-state index contributed by atoms with van der Waals surface area (Å²) in [5.74, 6) is 0.948. The van der Waals surface area contributed by atoms with Crippen molar-refractivity contribution in [2.45, 2.75) is 12.5 Å². The van der Waals surface area contributed by atoms with Crippen molar-refractivity contribution < 1.29 is 0 Å². The van der Waals surface area contributed by atoms with E-state index in [2.05, 4.69) is 14.9 Å². The van der Waals surface area contributed by atoms with Crippen LogP contribution in [0.15, 0.2) is 24.3 Å². The van der Waals surface area contributed by atoms with Crippen LogP contribution >= 0.6 is 12.4 Å². The average molecular weight is 239 g/mol. The number of nitrogens with two attached hydrogens (primary N) is 1. The third-order valence-corrected chi connectivity index (χ3v) is 2.90. The summed E-state index contributed by atoms with van der Waals surface area (Å²) in [5.41, 5.74) is 7.99. The first-order valence-electron chi connectivity index (χ1n) is 5.28. The molecule has 0 radical (unpaired) electrons. The Bertz CT molecular complexity index is 449. The number of rotatable bonds is 1. The molecule has 2 heterocycles. The predicted molar refractivity (Wildman–Crippen MR) is 68.1 cm³/mol. The molecular formula is C11H15ClN4. The van der Waals surface area contributed by atoms with Gasteiger partial charge in [0.05, 0.1) is 11.0 Å². The highest BCUT2D eigenvalue weighted by Gasteiger charge is 2.21. The number of H-pyrrole nitrogens is 1. The SMILES string of the molecule is Cl.N[C@H]1CCN(c2nc3ccccc3[nH]2)C1. The van der Waals surface area contributed by atoms with Gasteiger partial charge in [0, 0.05) is 19.1 Å². The van der Waals surface area contributed by atoms with Crippen molar-refractivity contribution in [2.75, 3.05) is 18.0 Å². The maximum absolute atomic E-state index is 5.87. The average Bonchev–Trinajstić information content (AvgIpc) is 2.82. The van der Waals surface area contributed by atoms with Crippen molar-refractivity contribution in [3.8, 4) is 0 Å². The molecule has 4 nitrogen and oxygen atoms in total. The van der Waals surface area contributed by atoms with E-state index < -0.39 is 0 Å². The fourth-order valence-corrected chi connectivity index (χ4v) is 2.07. The van der Waals surface area contributed by atoms with Crippen molar-refractivity contribution >= 4 is 29.4 Å². The van der Waals surface area contributed by atoms with Crippen LogP contribution in [0.4, 0.5) is 5.95 Å². The molecule has 1 saturated heterocycles. The van der Waals surface area contributed by atoms with Crippen LogP contribution in [0.1, 0.15) is 6.42 Å². The second-order valence-corrected chi connectivity index (χ2v) is 4.07. The highest BCUT2D eigenvalue weighted by Crippen LogP contribution is 2.20. The normalized spacial score (nSPS) is 20.1. The zero-order chi connectivity index (χ0) is 10.3. The van der Waals surface area contributed by atoms with Crippen LogP contribution in [-0.2, 0) is 0 Å². The van der Waals surface area contributed by atoms with Crippen molar-refractivity contribution in [3.05, 3.63) is 24.3 Å². The van der Waals surface area contributed by atoms with Gasteiger partial charge in [-0.2, -0.15) is 0 Å². The van der Waals surface area contributed by atoms with E-state index in [1.165, 1.54) is 0 Å². The van der Waals surface area contributed by atoms with E-state index in [1.54, 1.807) is 0 Å². The van der Waals surface area contributed by atoms with Crippen LogP contribution in [0.3, 0.4) is 0 Å². The zero-order valence-corrected chi connectivity index (χ0v) is 9.70. The largest absolute Gasteiger partial charge is 0.341 e. The third kappa shape index (κ3) is 1.86. The summed E-state index contributed by atoms with van der Waals surface area (Å²) in [5, 5.41) is 0. The van der Waals surface area contributed by atoms with Gasteiger partial charge in [-0.05, 0) is 18.6 Å².